The molecule has 222 valence electrons. The van der Waals surface area contributed by atoms with Gasteiger partial charge >= 0.3 is 0 Å². The molecule has 38 heavy (non-hydrogen) atoms. The van der Waals surface area contributed by atoms with E-state index in [1.165, 1.54) is 5.56 Å². The molecule has 0 aliphatic carbocycles. The summed E-state index contributed by atoms with van der Waals surface area (Å²) in [6.07, 6.45) is 5.60. The van der Waals surface area contributed by atoms with E-state index < -0.39 is 8.32 Å². The second kappa shape index (κ2) is 18.7. The molecule has 0 heterocycles. The third-order valence-electron chi connectivity index (χ3n) is 7.80. The number of ether oxygens (including phenoxy) is 5. The maximum atomic E-state index is 6.18. The standard InChI is InChI=1S/C30H56O6SSi/c1-10-30(5,26-13-15-28(16-14-26)35-25-32-7)18-11-12-27(34-24-31-6)17-22-37-23-21-33-19-20-36-38(8,9)29(2,3)4/h13-16,27H,10-12,17-25H2,1-9H3. The van der Waals surface area contributed by atoms with E-state index in [4.69, 9.17) is 28.1 Å². The zero-order chi connectivity index (χ0) is 28.5. The molecule has 1 aromatic carbocycles. The van der Waals surface area contributed by atoms with Crippen LogP contribution >= 0.6 is 11.8 Å². The van der Waals surface area contributed by atoms with Crippen LogP contribution in [0.15, 0.2) is 24.3 Å². The van der Waals surface area contributed by atoms with Crippen molar-refractivity contribution in [2.75, 3.05) is 59.1 Å². The molecule has 0 saturated heterocycles. The van der Waals surface area contributed by atoms with Crippen molar-refractivity contribution in [3.05, 3.63) is 29.8 Å². The van der Waals surface area contributed by atoms with Crippen molar-refractivity contribution in [1.29, 1.82) is 0 Å². The van der Waals surface area contributed by atoms with Gasteiger partial charge in [-0.2, -0.15) is 11.8 Å². The van der Waals surface area contributed by atoms with Crippen molar-refractivity contribution in [2.45, 2.75) is 96.4 Å². The molecule has 0 N–H and O–H groups in total. The molecule has 0 fully saturated rings. The number of hydrogen-bond acceptors (Lipinski definition) is 7. The Kier molecular flexibility index (Phi) is 17.4. The van der Waals surface area contributed by atoms with Crippen LogP contribution in [-0.2, 0) is 28.8 Å². The monoisotopic (exact) mass is 572 g/mol. The maximum Gasteiger partial charge on any atom is 0.192 e. The largest absolute Gasteiger partial charge is 0.468 e. The summed E-state index contributed by atoms with van der Waals surface area (Å²) in [6, 6.07) is 8.45. The second-order valence-electron chi connectivity index (χ2n) is 11.7. The van der Waals surface area contributed by atoms with Gasteiger partial charge in [-0.3, -0.25) is 0 Å². The summed E-state index contributed by atoms with van der Waals surface area (Å²) in [6.45, 7) is 18.7. The lowest BCUT2D eigenvalue weighted by Gasteiger charge is -2.36. The Bertz CT molecular complexity index is 724. The summed E-state index contributed by atoms with van der Waals surface area (Å²) in [5.74, 6) is 2.89. The van der Waals surface area contributed by atoms with Crippen LogP contribution in [0, 0.1) is 0 Å². The number of benzene rings is 1. The van der Waals surface area contributed by atoms with Crippen LogP contribution in [0.2, 0.25) is 18.1 Å². The van der Waals surface area contributed by atoms with E-state index in [1.807, 2.05) is 23.9 Å². The van der Waals surface area contributed by atoms with Gasteiger partial charge in [-0.05, 0) is 79.1 Å². The van der Waals surface area contributed by atoms with E-state index in [9.17, 15) is 0 Å². The van der Waals surface area contributed by atoms with Crippen LogP contribution in [0.25, 0.3) is 0 Å². The van der Waals surface area contributed by atoms with Crippen LogP contribution < -0.4 is 4.74 Å². The van der Waals surface area contributed by atoms with Gasteiger partial charge in [0.15, 0.2) is 15.1 Å². The van der Waals surface area contributed by atoms with Crippen LogP contribution in [0.3, 0.4) is 0 Å². The molecule has 0 aliphatic rings. The fourth-order valence-electron chi connectivity index (χ4n) is 3.91. The molecular weight excluding hydrogens is 516 g/mol. The average molecular weight is 573 g/mol. The maximum absolute atomic E-state index is 6.18. The van der Waals surface area contributed by atoms with Crippen molar-refractivity contribution in [2.24, 2.45) is 0 Å². The molecule has 2 atom stereocenters. The van der Waals surface area contributed by atoms with Crippen LogP contribution in [0.1, 0.15) is 72.3 Å². The van der Waals surface area contributed by atoms with Gasteiger partial charge in [0.25, 0.3) is 0 Å². The first-order chi connectivity index (χ1) is 18.0. The van der Waals surface area contributed by atoms with Gasteiger partial charge in [-0.15, -0.1) is 0 Å². The van der Waals surface area contributed by atoms with Gasteiger partial charge in [0.1, 0.15) is 12.5 Å². The minimum atomic E-state index is -1.68. The predicted octanol–water partition coefficient (Wildman–Crippen LogP) is 7.66. The molecule has 6 nitrogen and oxygen atoms in total. The minimum Gasteiger partial charge on any atom is -0.468 e. The third kappa shape index (κ3) is 13.6. The lowest BCUT2D eigenvalue weighted by molar-refractivity contribution is -0.0754. The molecule has 1 aromatic rings. The summed E-state index contributed by atoms with van der Waals surface area (Å²) in [5.41, 5.74) is 1.48. The summed E-state index contributed by atoms with van der Waals surface area (Å²) in [7, 11) is 1.64. The van der Waals surface area contributed by atoms with Crippen molar-refractivity contribution < 1.29 is 28.1 Å². The molecule has 1 rings (SSSR count). The number of methoxy groups -OCH3 is 2. The SMILES string of the molecule is CCC(C)(CCCC(CCSCCOCCO[Si](C)(C)C(C)(C)C)OCOC)c1ccc(OCOC)cc1. The zero-order valence-corrected chi connectivity index (χ0v) is 27.5. The van der Waals surface area contributed by atoms with Crippen molar-refractivity contribution >= 4 is 20.1 Å². The Morgan fingerprint density at radius 3 is 2.16 bits per heavy atom. The lowest BCUT2D eigenvalue weighted by atomic mass is 9.76. The average Bonchev–Trinajstić information content (AvgIpc) is 2.88. The molecule has 0 aromatic heterocycles. The molecule has 8 heteroatoms. The quantitative estimate of drug-likeness (QED) is 0.0803. The number of thioether (sulfide) groups is 1. The molecule has 0 bridgehead atoms. The fourth-order valence-corrected chi connectivity index (χ4v) is 5.81. The van der Waals surface area contributed by atoms with Crippen molar-refractivity contribution in [3.63, 3.8) is 0 Å². The van der Waals surface area contributed by atoms with Gasteiger partial charge in [-0.25, -0.2) is 0 Å². The van der Waals surface area contributed by atoms with E-state index in [2.05, 4.69) is 59.8 Å². The first-order valence-electron chi connectivity index (χ1n) is 14.1. The molecule has 0 aliphatic heterocycles. The summed E-state index contributed by atoms with van der Waals surface area (Å²) < 4.78 is 33.7. The van der Waals surface area contributed by atoms with E-state index in [1.54, 1.807) is 14.2 Å². The summed E-state index contributed by atoms with van der Waals surface area (Å²) in [5, 5.41) is 0.241. The number of rotatable bonds is 22. The predicted molar refractivity (Wildman–Crippen MR) is 163 cm³/mol. The normalized spacial score (nSPS) is 14.9. The highest BCUT2D eigenvalue weighted by Gasteiger charge is 2.36. The van der Waals surface area contributed by atoms with Crippen molar-refractivity contribution in [1.82, 2.24) is 0 Å². The van der Waals surface area contributed by atoms with Crippen LogP contribution in [0.5, 0.6) is 5.75 Å². The van der Waals surface area contributed by atoms with Gasteiger partial charge in [-0.1, -0.05) is 46.8 Å². The smallest absolute Gasteiger partial charge is 0.192 e. The molecule has 0 spiro atoms. The Balaban J connectivity index is 2.35. The highest BCUT2D eigenvalue weighted by atomic mass is 32.2. The van der Waals surface area contributed by atoms with E-state index in [0.29, 0.717) is 20.0 Å². The van der Waals surface area contributed by atoms with Crippen molar-refractivity contribution in [3.8, 4) is 5.75 Å². The minimum absolute atomic E-state index is 0.131. The van der Waals surface area contributed by atoms with Crippen LogP contribution in [0.4, 0.5) is 0 Å². The summed E-state index contributed by atoms with van der Waals surface area (Å²) in [4.78, 5) is 0. The van der Waals surface area contributed by atoms with E-state index >= 15 is 0 Å². The van der Waals surface area contributed by atoms with E-state index in [0.717, 1.165) is 56.0 Å². The summed E-state index contributed by atoms with van der Waals surface area (Å²) >= 11 is 1.93. The van der Waals surface area contributed by atoms with Gasteiger partial charge in [0, 0.05) is 20.0 Å². The molecular formula is C30H56O6SSi. The number of hydrogen-bond donors (Lipinski definition) is 0. The highest BCUT2D eigenvalue weighted by molar-refractivity contribution is 7.99. The fraction of sp³-hybridized carbons (Fsp3) is 0.800. The topological polar surface area (TPSA) is 55.4 Å². The van der Waals surface area contributed by atoms with Crippen LogP contribution in [-0.4, -0.2) is 73.6 Å². The highest BCUT2D eigenvalue weighted by Crippen LogP contribution is 2.36. The molecule has 0 saturated carbocycles. The Morgan fingerprint density at radius 1 is 0.868 bits per heavy atom. The lowest BCUT2D eigenvalue weighted by Crippen LogP contribution is -2.41. The molecule has 0 amide bonds. The zero-order valence-electron chi connectivity index (χ0n) is 25.7. The van der Waals surface area contributed by atoms with Gasteiger partial charge in [0.05, 0.1) is 25.9 Å². The third-order valence-corrected chi connectivity index (χ3v) is 13.3. The van der Waals surface area contributed by atoms with Gasteiger partial charge in [0.2, 0.25) is 0 Å². The van der Waals surface area contributed by atoms with Gasteiger partial charge < -0.3 is 28.1 Å². The first-order valence-corrected chi connectivity index (χ1v) is 18.2. The Hall–Kier alpha value is -0.613. The molecule has 0 radical (unpaired) electrons. The van der Waals surface area contributed by atoms with E-state index in [-0.39, 0.29) is 23.4 Å². The Morgan fingerprint density at radius 2 is 1.55 bits per heavy atom. The second-order valence-corrected chi connectivity index (χ2v) is 17.7. The molecule has 2 unspecified atom stereocenters. The first kappa shape index (κ1) is 35.4. The Labute approximate surface area is 238 Å².